The van der Waals surface area contributed by atoms with Crippen LogP contribution in [0.2, 0.25) is 5.02 Å². The zero-order chi connectivity index (χ0) is 25.4. The van der Waals surface area contributed by atoms with Crippen molar-refractivity contribution < 1.29 is 13.6 Å². The Hall–Kier alpha value is -3.09. The predicted octanol–water partition coefficient (Wildman–Crippen LogP) is 6.34. The fourth-order valence-electron chi connectivity index (χ4n) is 5.49. The number of nitrogens with zero attached hydrogens (tertiary/aromatic N) is 3. The summed E-state index contributed by atoms with van der Waals surface area (Å²) in [7, 11) is 0. The number of amides is 1. The smallest absolute Gasteiger partial charge is 0.258 e. The Morgan fingerprint density at radius 2 is 1.78 bits per heavy atom. The van der Waals surface area contributed by atoms with Crippen LogP contribution in [0.15, 0.2) is 54.6 Å². The molecule has 186 valence electrons. The van der Waals surface area contributed by atoms with Crippen molar-refractivity contribution in [2.75, 3.05) is 31.1 Å². The van der Waals surface area contributed by atoms with Gasteiger partial charge in [-0.3, -0.25) is 14.7 Å². The molecule has 1 saturated heterocycles. The fourth-order valence-corrected chi connectivity index (χ4v) is 5.67. The molecule has 36 heavy (non-hydrogen) atoms. The van der Waals surface area contributed by atoms with Gasteiger partial charge >= 0.3 is 0 Å². The first-order chi connectivity index (χ1) is 17.2. The van der Waals surface area contributed by atoms with Gasteiger partial charge in [-0.05, 0) is 87.8 Å². The second-order valence-corrected chi connectivity index (χ2v) is 10.3. The lowest BCUT2D eigenvalue weighted by Gasteiger charge is -2.39. The minimum absolute atomic E-state index is 0.0178. The van der Waals surface area contributed by atoms with Crippen molar-refractivity contribution in [3.63, 3.8) is 0 Å². The molecule has 0 radical (unpaired) electrons. The van der Waals surface area contributed by atoms with Crippen molar-refractivity contribution in [3.05, 3.63) is 99.3 Å². The number of halogens is 3. The van der Waals surface area contributed by atoms with Crippen LogP contribution >= 0.6 is 11.6 Å². The number of piperidine rings is 1. The van der Waals surface area contributed by atoms with Gasteiger partial charge in [0, 0.05) is 57.8 Å². The van der Waals surface area contributed by atoms with Gasteiger partial charge in [0.15, 0.2) is 0 Å². The highest BCUT2D eigenvalue weighted by Gasteiger charge is 2.46. The number of pyridine rings is 1. The number of likely N-dealkylation sites (tertiary alicyclic amines) is 1. The number of fused-ring (bicyclic) bond motifs is 2. The zero-order valence-electron chi connectivity index (χ0n) is 20.4. The largest absolute Gasteiger partial charge is 0.307 e. The summed E-state index contributed by atoms with van der Waals surface area (Å²) in [5, 5.41) is 0.671. The molecule has 1 fully saturated rings. The summed E-state index contributed by atoms with van der Waals surface area (Å²) in [4.78, 5) is 22.2. The third kappa shape index (κ3) is 4.80. The van der Waals surface area contributed by atoms with E-state index >= 15 is 0 Å². The third-order valence-corrected chi connectivity index (χ3v) is 7.53. The second-order valence-electron chi connectivity index (χ2n) is 9.84. The highest BCUT2D eigenvalue weighted by atomic mass is 35.5. The maximum Gasteiger partial charge on any atom is 0.258 e. The minimum Gasteiger partial charge on any atom is -0.307 e. The van der Waals surface area contributed by atoms with E-state index in [0.717, 1.165) is 54.6 Å². The van der Waals surface area contributed by atoms with E-state index in [-0.39, 0.29) is 11.3 Å². The van der Waals surface area contributed by atoms with Crippen molar-refractivity contribution in [2.24, 2.45) is 0 Å². The van der Waals surface area contributed by atoms with Crippen LogP contribution in [0.4, 0.5) is 14.5 Å². The molecule has 5 rings (SSSR count). The van der Waals surface area contributed by atoms with E-state index in [1.165, 1.54) is 12.1 Å². The Morgan fingerprint density at radius 1 is 1.06 bits per heavy atom. The van der Waals surface area contributed by atoms with Crippen LogP contribution in [-0.4, -0.2) is 42.0 Å². The lowest BCUT2D eigenvalue weighted by atomic mass is 9.74. The summed E-state index contributed by atoms with van der Waals surface area (Å²) in [5.41, 5.74) is 4.58. The van der Waals surface area contributed by atoms with E-state index in [1.807, 2.05) is 55.2 Å². The summed E-state index contributed by atoms with van der Waals surface area (Å²) >= 11 is 6.40. The van der Waals surface area contributed by atoms with Gasteiger partial charge in [-0.15, -0.1) is 0 Å². The van der Waals surface area contributed by atoms with Crippen molar-refractivity contribution in [2.45, 2.75) is 32.1 Å². The Labute approximate surface area is 215 Å². The van der Waals surface area contributed by atoms with Crippen LogP contribution in [0.3, 0.4) is 0 Å². The van der Waals surface area contributed by atoms with Gasteiger partial charge in [0.2, 0.25) is 0 Å². The molecule has 1 spiro atoms. The van der Waals surface area contributed by atoms with Crippen molar-refractivity contribution in [1.29, 1.82) is 0 Å². The van der Waals surface area contributed by atoms with Gasteiger partial charge in [-0.1, -0.05) is 23.8 Å². The molecular weight excluding hydrogens is 480 g/mol. The number of carbonyl (C=O) groups excluding carboxylic acids is 1. The van der Waals surface area contributed by atoms with Crippen LogP contribution in [-0.2, 0) is 5.41 Å². The predicted molar refractivity (Wildman–Crippen MR) is 140 cm³/mol. The van der Waals surface area contributed by atoms with E-state index in [1.54, 1.807) is 6.08 Å². The summed E-state index contributed by atoms with van der Waals surface area (Å²) in [6, 6.07) is 13.1. The number of hydrogen-bond acceptors (Lipinski definition) is 3. The Morgan fingerprint density at radius 3 is 2.47 bits per heavy atom. The number of carbonyl (C=O) groups is 1. The number of rotatable bonds is 4. The standard InChI is InChI=1S/C29H28ClF2N3O/c1-19-14-22(15-20(2)33-19)28(36)35-18-29(25-16-23(30)6-8-27(25)35)9-12-34(13-10-29)11-3-4-21-5-7-24(31)17-26(21)32/h3-8,14-17H,9-13,18H2,1-2H3. The van der Waals surface area contributed by atoms with Crippen LogP contribution in [0.25, 0.3) is 6.08 Å². The molecule has 3 heterocycles. The van der Waals surface area contributed by atoms with Gasteiger partial charge in [0.05, 0.1) is 0 Å². The number of aromatic nitrogens is 1. The molecular formula is C29H28ClF2N3O. The molecule has 0 atom stereocenters. The maximum atomic E-state index is 13.9. The normalized spacial score (nSPS) is 17.2. The average Bonchev–Trinajstić information content (AvgIpc) is 3.14. The number of anilines is 1. The summed E-state index contributed by atoms with van der Waals surface area (Å²) in [6.07, 6.45) is 5.38. The molecule has 1 amide bonds. The van der Waals surface area contributed by atoms with Crippen LogP contribution in [0.5, 0.6) is 0 Å². The lowest BCUT2D eigenvalue weighted by molar-refractivity contribution is 0.0977. The minimum atomic E-state index is -0.579. The molecule has 2 aromatic carbocycles. The molecule has 7 heteroatoms. The maximum absolute atomic E-state index is 13.9. The Kier molecular flexibility index (Phi) is 6.66. The average molecular weight is 508 g/mol. The lowest BCUT2D eigenvalue weighted by Crippen LogP contribution is -2.46. The Bertz CT molecular complexity index is 1330. The zero-order valence-corrected chi connectivity index (χ0v) is 21.2. The van der Waals surface area contributed by atoms with Crippen molar-refractivity contribution in [3.8, 4) is 0 Å². The molecule has 0 N–H and O–H groups in total. The SMILES string of the molecule is Cc1cc(C(=O)N2CC3(CCN(CC=Cc4ccc(F)cc4F)CC3)c3cc(Cl)ccc32)cc(C)n1. The van der Waals surface area contributed by atoms with Crippen LogP contribution in [0, 0.1) is 25.5 Å². The second kappa shape index (κ2) is 9.75. The summed E-state index contributed by atoms with van der Waals surface area (Å²) < 4.78 is 27.0. The van der Waals surface area contributed by atoms with Crippen molar-refractivity contribution >= 4 is 29.3 Å². The van der Waals surface area contributed by atoms with E-state index in [0.29, 0.717) is 29.2 Å². The van der Waals surface area contributed by atoms with Gasteiger partial charge in [0.1, 0.15) is 11.6 Å². The molecule has 2 aliphatic heterocycles. The van der Waals surface area contributed by atoms with Crippen molar-refractivity contribution in [1.82, 2.24) is 9.88 Å². The quantitative estimate of drug-likeness (QED) is 0.413. The topological polar surface area (TPSA) is 36.4 Å². The van der Waals surface area contributed by atoms with Crippen LogP contribution in [0.1, 0.15) is 45.7 Å². The molecule has 0 unspecified atom stereocenters. The highest BCUT2D eigenvalue weighted by molar-refractivity contribution is 6.30. The first-order valence-corrected chi connectivity index (χ1v) is 12.5. The molecule has 4 nitrogen and oxygen atoms in total. The van der Waals surface area contributed by atoms with E-state index in [2.05, 4.69) is 9.88 Å². The monoisotopic (exact) mass is 507 g/mol. The van der Waals surface area contributed by atoms with Crippen LogP contribution < -0.4 is 4.90 Å². The van der Waals surface area contributed by atoms with Gasteiger partial charge in [0.25, 0.3) is 5.91 Å². The first kappa shape index (κ1) is 24.6. The van der Waals surface area contributed by atoms with E-state index < -0.39 is 11.6 Å². The summed E-state index contributed by atoms with van der Waals surface area (Å²) in [6.45, 7) is 6.78. The molecule has 1 aromatic heterocycles. The highest BCUT2D eigenvalue weighted by Crippen LogP contribution is 2.48. The first-order valence-electron chi connectivity index (χ1n) is 12.2. The van der Waals surface area contributed by atoms with Gasteiger partial charge < -0.3 is 4.90 Å². The van der Waals surface area contributed by atoms with Gasteiger partial charge in [-0.25, -0.2) is 8.78 Å². The number of hydrogen-bond donors (Lipinski definition) is 0. The van der Waals surface area contributed by atoms with Gasteiger partial charge in [-0.2, -0.15) is 0 Å². The molecule has 0 saturated carbocycles. The number of aryl methyl sites for hydroxylation is 2. The molecule has 3 aromatic rings. The fraction of sp³-hybridized carbons (Fsp3) is 0.310. The molecule has 0 aliphatic carbocycles. The molecule has 2 aliphatic rings. The van der Waals surface area contributed by atoms with E-state index in [4.69, 9.17) is 11.6 Å². The van der Waals surface area contributed by atoms with E-state index in [9.17, 15) is 13.6 Å². The Balaban J connectivity index is 1.32. The third-order valence-electron chi connectivity index (χ3n) is 7.29. The molecule has 0 bridgehead atoms. The summed E-state index contributed by atoms with van der Waals surface area (Å²) in [5.74, 6) is -1.16. The number of benzene rings is 2.